The van der Waals surface area contributed by atoms with Crippen LogP contribution in [0, 0.1) is 0 Å². The van der Waals surface area contributed by atoms with Gasteiger partial charge in [-0.25, -0.2) is 9.21 Å². The standard InChI is InChI=1S/C18H12O9S2/c19-18(20)13-9-16(11-1-5-14(6-2-11)28(21,22)23)27-17(10-13)12-3-7-15(8-4-12)29(24,25)26/h1-10H,(H2-,19,20,21,22,23,24,25,26)/p+1. The van der Waals surface area contributed by atoms with Crippen molar-refractivity contribution in [3.05, 3.63) is 66.2 Å². The highest BCUT2D eigenvalue weighted by Gasteiger charge is 2.23. The van der Waals surface area contributed by atoms with Crippen molar-refractivity contribution in [3.8, 4) is 22.6 Å². The summed E-state index contributed by atoms with van der Waals surface area (Å²) in [6.45, 7) is 0. The largest absolute Gasteiger partial charge is 0.478 e. The Morgan fingerprint density at radius 2 is 1.03 bits per heavy atom. The van der Waals surface area contributed by atoms with Gasteiger partial charge in [0.2, 0.25) is 0 Å². The fourth-order valence-electron chi connectivity index (χ4n) is 2.49. The zero-order chi connectivity index (χ0) is 21.4. The third-order valence-electron chi connectivity index (χ3n) is 3.91. The van der Waals surface area contributed by atoms with Gasteiger partial charge in [0.1, 0.15) is 0 Å². The van der Waals surface area contributed by atoms with Crippen LogP contribution >= 0.6 is 0 Å². The summed E-state index contributed by atoms with van der Waals surface area (Å²) in [5.41, 5.74) is 0.562. The van der Waals surface area contributed by atoms with Gasteiger partial charge in [-0.3, -0.25) is 9.11 Å². The van der Waals surface area contributed by atoms with Crippen molar-refractivity contribution in [3.63, 3.8) is 0 Å². The van der Waals surface area contributed by atoms with E-state index in [0.717, 1.165) is 24.3 Å². The number of rotatable bonds is 5. The third kappa shape index (κ3) is 4.66. The second kappa shape index (κ2) is 7.37. The molecule has 0 aliphatic heterocycles. The van der Waals surface area contributed by atoms with Crippen LogP contribution in [0.15, 0.2) is 74.9 Å². The first-order valence-corrected chi connectivity index (χ1v) is 10.7. The van der Waals surface area contributed by atoms with Crippen LogP contribution < -0.4 is 0 Å². The van der Waals surface area contributed by atoms with E-state index in [4.69, 9.17) is 13.5 Å². The quantitative estimate of drug-likeness (QED) is 0.403. The molecule has 3 rings (SSSR count). The molecule has 0 atom stereocenters. The van der Waals surface area contributed by atoms with E-state index in [0.29, 0.717) is 11.1 Å². The lowest BCUT2D eigenvalue weighted by Crippen LogP contribution is -1.99. The number of hydrogen-bond donors (Lipinski definition) is 3. The van der Waals surface area contributed by atoms with Gasteiger partial charge in [0.15, 0.2) is 0 Å². The Hall–Kier alpha value is -3.12. The van der Waals surface area contributed by atoms with E-state index in [9.17, 15) is 26.7 Å². The molecule has 0 spiro atoms. The Morgan fingerprint density at radius 1 is 0.690 bits per heavy atom. The molecular weight excluding hydrogens is 424 g/mol. The zero-order valence-electron chi connectivity index (χ0n) is 14.4. The number of benzene rings is 2. The summed E-state index contributed by atoms with van der Waals surface area (Å²) in [4.78, 5) is 10.8. The van der Waals surface area contributed by atoms with E-state index in [2.05, 4.69) is 0 Å². The molecule has 3 aromatic rings. The number of aromatic carboxylic acids is 1. The van der Waals surface area contributed by atoms with Gasteiger partial charge in [0.25, 0.3) is 20.2 Å². The molecule has 0 saturated heterocycles. The second-order valence-electron chi connectivity index (χ2n) is 5.88. The van der Waals surface area contributed by atoms with Crippen molar-refractivity contribution in [2.45, 2.75) is 9.79 Å². The van der Waals surface area contributed by atoms with Gasteiger partial charge in [-0.1, -0.05) is 0 Å². The van der Waals surface area contributed by atoms with Gasteiger partial charge in [-0.15, -0.1) is 0 Å². The molecule has 9 nitrogen and oxygen atoms in total. The summed E-state index contributed by atoms with van der Waals surface area (Å²) in [5.74, 6) is -1.05. The maximum Gasteiger partial charge on any atom is 0.361 e. The minimum atomic E-state index is -4.38. The molecule has 2 aromatic carbocycles. The van der Waals surface area contributed by atoms with E-state index in [1.54, 1.807) is 0 Å². The van der Waals surface area contributed by atoms with Crippen LogP contribution in [-0.2, 0) is 20.2 Å². The van der Waals surface area contributed by atoms with Crippen molar-refractivity contribution in [1.82, 2.24) is 0 Å². The molecule has 11 heteroatoms. The van der Waals surface area contributed by atoms with Crippen molar-refractivity contribution in [2.75, 3.05) is 0 Å². The first-order chi connectivity index (χ1) is 13.4. The lowest BCUT2D eigenvalue weighted by atomic mass is 10.1. The molecule has 0 bridgehead atoms. The van der Waals surface area contributed by atoms with E-state index < -0.39 is 26.2 Å². The van der Waals surface area contributed by atoms with Gasteiger partial charge < -0.3 is 5.11 Å². The molecule has 150 valence electrons. The van der Waals surface area contributed by atoms with E-state index in [-0.39, 0.29) is 26.9 Å². The first-order valence-electron chi connectivity index (χ1n) is 7.82. The molecule has 0 saturated carbocycles. The van der Waals surface area contributed by atoms with Gasteiger partial charge in [-0.05, 0) is 48.5 Å². The van der Waals surface area contributed by atoms with Crippen molar-refractivity contribution < 1.29 is 40.3 Å². The Morgan fingerprint density at radius 3 is 1.31 bits per heavy atom. The lowest BCUT2D eigenvalue weighted by Gasteiger charge is -2.00. The molecule has 0 aliphatic rings. The predicted molar refractivity (Wildman–Crippen MR) is 101 cm³/mol. The van der Waals surface area contributed by atoms with Gasteiger partial charge in [0, 0.05) is 0 Å². The average molecular weight is 437 g/mol. The van der Waals surface area contributed by atoms with Crippen molar-refractivity contribution in [1.29, 1.82) is 0 Å². The van der Waals surface area contributed by atoms with E-state index >= 15 is 0 Å². The summed E-state index contributed by atoms with van der Waals surface area (Å²) in [6, 6.07) is 12.3. The number of carbonyl (C=O) groups is 1. The number of carboxylic acids is 1. The van der Waals surface area contributed by atoms with Crippen LogP contribution in [0.4, 0.5) is 0 Å². The highest BCUT2D eigenvalue weighted by atomic mass is 32.2. The van der Waals surface area contributed by atoms with Crippen LogP contribution in [0.3, 0.4) is 0 Å². The summed E-state index contributed by atoms with van der Waals surface area (Å²) in [5, 5.41) is 9.36. The Bertz CT molecular complexity index is 1200. The van der Waals surface area contributed by atoms with Gasteiger partial charge >= 0.3 is 17.5 Å². The smallest absolute Gasteiger partial charge is 0.361 e. The fourth-order valence-corrected chi connectivity index (χ4v) is 3.45. The topological polar surface area (TPSA) is 157 Å². The van der Waals surface area contributed by atoms with Gasteiger partial charge in [-0.2, -0.15) is 16.8 Å². The summed E-state index contributed by atoms with van der Waals surface area (Å²) in [6.07, 6.45) is 0. The van der Waals surface area contributed by atoms with E-state index in [1.807, 2.05) is 0 Å². The average Bonchev–Trinajstić information content (AvgIpc) is 2.66. The van der Waals surface area contributed by atoms with Gasteiger partial charge in [0.05, 0.1) is 38.6 Å². The number of hydrogen-bond acceptors (Lipinski definition) is 5. The lowest BCUT2D eigenvalue weighted by molar-refractivity contribution is 0.0696. The minimum absolute atomic E-state index is 0.0978. The molecule has 29 heavy (non-hydrogen) atoms. The Labute approximate surface area is 165 Å². The summed E-state index contributed by atoms with van der Waals surface area (Å²) >= 11 is 0. The maximum absolute atomic E-state index is 11.5. The molecule has 1 aromatic heterocycles. The highest BCUT2D eigenvalue weighted by Crippen LogP contribution is 2.30. The molecular formula is C18H13O9S2+. The molecule has 0 amide bonds. The monoisotopic (exact) mass is 437 g/mol. The fraction of sp³-hybridized carbons (Fsp3) is 0. The molecule has 0 unspecified atom stereocenters. The Balaban J connectivity index is 2.10. The third-order valence-corrected chi connectivity index (χ3v) is 5.65. The van der Waals surface area contributed by atoms with E-state index in [1.165, 1.54) is 36.4 Å². The van der Waals surface area contributed by atoms with Crippen molar-refractivity contribution >= 4 is 26.2 Å². The zero-order valence-corrected chi connectivity index (χ0v) is 16.0. The van der Waals surface area contributed by atoms with Crippen LogP contribution in [0.2, 0.25) is 0 Å². The van der Waals surface area contributed by atoms with Crippen LogP contribution in [0.1, 0.15) is 10.4 Å². The van der Waals surface area contributed by atoms with Crippen LogP contribution in [0.25, 0.3) is 22.6 Å². The summed E-state index contributed by atoms with van der Waals surface area (Å²) < 4.78 is 68.4. The minimum Gasteiger partial charge on any atom is -0.478 e. The predicted octanol–water partition coefficient (Wildman–Crippen LogP) is 3.09. The van der Waals surface area contributed by atoms with Crippen molar-refractivity contribution in [2.24, 2.45) is 0 Å². The van der Waals surface area contributed by atoms with Crippen LogP contribution in [0.5, 0.6) is 0 Å². The van der Waals surface area contributed by atoms with Crippen LogP contribution in [-0.4, -0.2) is 37.0 Å². The Kier molecular flexibility index (Phi) is 5.24. The number of carboxylic acid groups (broad SMARTS) is 1. The SMILES string of the molecule is O=C(O)c1cc(-c2ccc(S(=O)(=O)O)cc2)[o+]c(-c2ccc(S(=O)(=O)O)cc2)c1. The highest BCUT2D eigenvalue weighted by molar-refractivity contribution is 7.86. The molecule has 0 aliphatic carbocycles. The molecule has 0 fully saturated rings. The molecule has 3 N–H and O–H groups in total. The maximum atomic E-state index is 11.5. The molecule has 0 radical (unpaired) electrons. The normalized spacial score (nSPS) is 11.9. The second-order valence-corrected chi connectivity index (χ2v) is 8.72. The molecule has 1 heterocycles. The summed E-state index contributed by atoms with van der Waals surface area (Å²) in [7, 11) is -8.77. The first kappa shape index (κ1) is 20.6.